The van der Waals surface area contributed by atoms with Crippen molar-refractivity contribution in [3.8, 4) is 0 Å². The van der Waals surface area contributed by atoms with Crippen molar-refractivity contribution in [3.05, 3.63) is 72.8 Å². The Kier molecular flexibility index (Phi) is 9.60. The third-order valence-electron chi connectivity index (χ3n) is 4.63. The lowest BCUT2D eigenvalue weighted by Gasteiger charge is -2.18. The van der Waals surface area contributed by atoms with E-state index in [1.165, 1.54) is 55.3 Å². The molecule has 2 aromatic carbocycles. The fourth-order valence-corrected chi connectivity index (χ4v) is 5.43. The molecule has 0 aromatic heterocycles. The van der Waals surface area contributed by atoms with Crippen LogP contribution in [0.4, 0.5) is 0 Å². The highest BCUT2D eigenvalue weighted by Gasteiger charge is 2.12. The van der Waals surface area contributed by atoms with Crippen LogP contribution in [-0.4, -0.2) is 6.16 Å². The molecule has 0 amide bonds. The lowest BCUT2D eigenvalue weighted by Crippen LogP contribution is -2.13. The minimum Gasteiger partial charge on any atom is -0.0879 e. The van der Waals surface area contributed by atoms with Crippen LogP contribution in [0.25, 0.3) is 0 Å². The van der Waals surface area contributed by atoms with Gasteiger partial charge in [0.25, 0.3) is 0 Å². The summed E-state index contributed by atoms with van der Waals surface area (Å²) in [4.78, 5) is 0. The summed E-state index contributed by atoms with van der Waals surface area (Å²) in [5, 5.41) is 2.98. The van der Waals surface area contributed by atoms with Crippen LogP contribution in [0.2, 0.25) is 0 Å². The van der Waals surface area contributed by atoms with Gasteiger partial charge in [0, 0.05) is 0 Å². The van der Waals surface area contributed by atoms with E-state index < -0.39 is 0 Å². The molecule has 0 fully saturated rings. The Morgan fingerprint density at radius 3 is 2.00 bits per heavy atom. The fourth-order valence-electron chi connectivity index (χ4n) is 3.14. The van der Waals surface area contributed by atoms with Crippen LogP contribution < -0.4 is 10.6 Å². The lowest BCUT2D eigenvalue weighted by atomic mass is 10.0. The topological polar surface area (TPSA) is 0 Å². The van der Waals surface area contributed by atoms with Gasteiger partial charge in [0.1, 0.15) is 0 Å². The molecule has 0 aliphatic carbocycles. The van der Waals surface area contributed by atoms with Crippen molar-refractivity contribution in [1.29, 1.82) is 0 Å². The molecule has 1 atom stereocenters. The lowest BCUT2D eigenvalue weighted by molar-refractivity contribution is 0.560. The van der Waals surface area contributed by atoms with Crippen molar-refractivity contribution in [2.75, 3.05) is 6.16 Å². The second-order valence-electron chi connectivity index (χ2n) is 6.87. The maximum atomic E-state index is 2.44. The predicted molar refractivity (Wildman–Crippen MR) is 116 cm³/mol. The summed E-state index contributed by atoms with van der Waals surface area (Å²) in [7, 11) is -0.249. The first-order valence-corrected chi connectivity index (χ1v) is 11.4. The molecule has 0 saturated carbocycles. The van der Waals surface area contributed by atoms with E-state index in [0.29, 0.717) is 0 Å². The molecule has 0 aliphatic heterocycles. The maximum Gasteiger partial charge on any atom is -0.0195 e. The average molecular weight is 353 g/mol. The highest BCUT2D eigenvalue weighted by molar-refractivity contribution is 7.73. The van der Waals surface area contributed by atoms with E-state index in [-0.39, 0.29) is 7.92 Å². The molecule has 0 N–H and O–H groups in total. The van der Waals surface area contributed by atoms with E-state index in [2.05, 4.69) is 86.7 Å². The van der Waals surface area contributed by atoms with Crippen molar-refractivity contribution in [1.82, 2.24) is 0 Å². The summed E-state index contributed by atoms with van der Waals surface area (Å²) >= 11 is 0. The molecule has 2 rings (SSSR count). The number of allylic oxidation sites excluding steroid dienone is 2. The summed E-state index contributed by atoms with van der Waals surface area (Å²) in [5.74, 6) is 0.719. The second-order valence-corrected chi connectivity index (χ2v) is 9.20. The third kappa shape index (κ3) is 7.57. The minimum absolute atomic E-state index is 0.249. The van der Waals surface area contributed by atoms with Gasteiger partial charge in [-0.3, -0.25) is 0 Å². The normalized spacial score (nSPS) is 12.8. The quantitative estimate of drug-likeness (QED) is 0.241. The number of hydrogen-bond acceptors (Lipinski definition) is 0. The fraction of sp³-hybridized carbons (Fsp3) is 0.417. The minimum atomic E-state index is -0.249. The van der Waals surface area contributed by atoms with Crippen LogP contribution >= 0.6 is 7.92 Å². The van der Waals surface area contributed by atoms with Crippen molar-refractivity contribution in [2.45, 2.75) is 52.4 Å². The van der Waals surface area contributed by atoms with Crippen LogP contribution in [-0.2, 0) is 0 Å². The predicted octanol–water partition coefficient (Wildman–Crippen LogP) is 6.67. The SMILES string of the molecule is CCCCCCC(C)/C=C\CCP(c1ccccc1)c1ccccc1. The van der Waals surface area contributed by atoms with Crippen molar-refractivity contribution >= 4 is 18.5 Å². The summed E-state index contributed by atoms with van der Waals surface area (Å²) in [6.07, 6.45) is 14.1. The first-order chi connectivity index (χ1) is 12.3. The Labute approximate surface area is 156 Å². The van der Waals surface area contributed by atoms with Gasteiger partial charge < -0.3 is 0 Å². The van der Waals surface area contributed by atoms with Crippen molar-refractivity contribution < 1.29 is 0 Å². The molecule has 0 bridgehead atoms. The van der Waals surface area contributed by atoms with E-state index in [4.69, 9.17) is 0 Å². The van der Waals surface area contributed by atoms with Crippen LogP contribution in [0.5, 0.6) is 0 Å². The van der Waals surface area contributed by atoms with Gasteiger partial charge in [0.2, 0.25) is 0 Å². The van der Waals surface area contributed by atoms with Gasteiger partial charge in [0.15, 0.2) is 0 Å². The second kappa shape index (κ2) is 12.0. The zero-order valence-electron chi connectivity index (χ0n) is 15.9. The van der Waals surface area contributed by atoms with E-state index in [1.54, 1.807) is 0 Å². The number of rotatable bonds is 11. The Balaban J connectivity index is 1.87. The molecular formula is C24H33P. The largest absolute Gasteiger partial charge is 0.0879 e. The molecule has 1 heteroatoms. The van der Waals surface area contributed by atoms with Crippen LogP contribution in [0, 0.1) is 5.92 Å². The van der Waals surface area contributed by atoms with E-state index in [1.807, 2.05) is 0 Å². The standard InChI is InChI=1S/C24H33P/c1-3-4-5-8-15-22(2)16-13-14-21-25(23-17-9-6-10-18-23)24-19-11-7-12-20-24/h6-7,9-13,16-20,22H,3-5,8,14-15,21H2,1-2H3/b16-13-. The zero-order chi connectivity index (χ0) is 17.7. The summed E-state index contributed by atoms with van der Waals surface area (Å²) < 4.78 is 0. The molecule has 0 saturated heterocycles. The van der Waals surface area contributed by atoms with Gasteiger partial charge in [-0.2, -0.15) is 0 Å². The monoisotopic (exact) mass is 352 g/mol. The molecule has 2 aromatic rings. The Morgan fingerprint density at radius 2 is 1.44 bits per heavy atom. The highest BCUT2D eigenvalue weighted by Crippen LogP contribution is 2.34. The maximum absolute atomic E-state index is 2.44. The zero-order valence-corrected chi connectivity index (χ0v) is 16.8. The van der Waals surface area contributed by atoms with Gasteiger partial charge in [-0.05, 0) is 43.5 Å². The van der Waals surface area contributed by atoms with E-state index in [0.717, 1.165) is 5.92 Å². The first kappa shape index (κ1) is 19.9. The third-order valence-corrected chi connectivity index (χ3v) is 7.18. The van der Waals surface area contributed by atoms with Gasteiger partial charge in [-0.1, -0.05) is 112 Å². The summed E-state index contributed by atoms with van der Waals surface area (Å²) in [6, 6.07) is 22.1. The van der Waals surface area contributed by atoms with E-state index in [9.17, 15) is 0 Å². The molecule has 0 aliphatic rings. The van der Waals surface area contributed by atoms with Gasteiger partial charge in [0.05, 0.1) is 0 Å². The Bertz CT molecular complexity index is 549. The van der Waals surface area contributed by atoms with Gasteiger partial charge >= 0.3 is 0 Å². The number of unbranched alkanes of at least 4 members (excludes halogenated alkanes) is 3. The smallest absolute Gasteiger partial charge is 0.0195 e. The first-order valence-electron chi connectivity index (χ1n) is 9.85. The van der Waals surface area contributed by atoms with E-state index >= 15 is 0 Å². The molecule has 0 radical (unpaired) electrons. The Morgan fingerprint density at radius 1 is 0.840 bits per heavy atom. The Hall–Kier alpha value is -1.39. The van der Waals surface area contributed by atoms with Crippen LogP contribution in [0.3, 0.4) is 0 Å². The molecular weight excluding hydrogens is 319 g/mol. The molecule has 25 heavy (non-hydrogen) atoms. The molecule has 1 unspecified atom stereocenters. The van der Waals surface area contributed by atoms with Crippen molar-refractivity contribution in [2.24, 2.45) is 5.92 Å². The number of hydrogen-bond donors (Lipinski definition) is 0. The number of benzene rings is 2. The molecule has 134 valence electrons. The average Bonchev–Trinajstić information content (AvgIpc) is 2.67. The highest BCUT2D eigenvalue weighted by atomic mass is 31.1. The van der Waals surface area contributed by atoms with Crippen molar-refractivity contribution in [3.63, 3.8) is 0 Å². The van der Waals surface area contributed by atoms with Gasteiger partial charge in [-0.25, -0.2) is 0 Å². The van der Waals surface area contributed by atoms with Crippen LogP contribution in [0.15, 0.2) is 72.8 Å². The summed E-state index contributed by atoms with van der Waals surface area (Å²) in [5.41, 5.74) is 0. The molecule has 0 heterocycles. The summed E-state index contributed by atoms with van der Waals surface area (Å²) in [6.45, 7) is 4.64. The molecule has 0 nitrogen and oxygen atoms in total. The molecule has 0 spiro atoms. The van der Waals surface area contributed by atoms with Gasteiger partial charge in [-0.15, -0.1) is 0 Å². The van der Waals surface area contributed by atoms with Crippen LogP contribution in [0.1, 0.15) is 52.4 Å².